The van der Waals surface area contributed by atoms with Crippen molar-refractivity contribution in [2.75, 3.05) is 26.0 Å². The van der Waals surface area contributed by atoms with Gasteiger partial charge in [-0.15, -0.1) is 0 Å². The summed E-state index contributed by atoms with van der Waals surface area (Å²) >= 11 is 0. The second-order valence-corrected chi connectivity index (χ2v) is 4.24. The molecule has 1 aromatic rings. The first kappa shape index (κ1) is 16.0. The van der Waals surface area contributed by atoms with Gasteiger partial charge in [-0.1, -0.05) is 0 Å². The van der Waals surface area contributed by atoms with Gasteiger partial charge in [0.25, 0.3) is 5.91 Å². The maximum Gasteiger partial charge on any atom is 0.272 e. The molecule has 2 amide bonds. The van der Waals surface area contributed by atoms with Crippen LogP contribution in [0.25, 0.3) is 0 Å². The Kier molecular flexibility index (Phi) is 5.98. The third-order valence-corrected chi connectivity index (χ3v) is 2.73. The molecule has 0 aliphatic carbocycles. The Morgan fingerprint density at radius 3 is 2.85 bits per heavy atom. The third-order valence-electron chi connectivity index (χ3n) is 2.73. The lowest BCUT2D eigenvalue weighted by Gasteiger charge is -2.14. The Balaban J connectivity index is 2.61. The van der Waals surface area contributed by atoms with Gasteiger partial charge >= 0.3 is 0 Å². The zero-order valence-corrected chi connectivity index (χ0v) is 12.0. The molecule has 112 valence electrons. The molecule has 8 nitrogen and oxygen atoms in total. The number of nitrogens with two attached hydrogens (primary N) is 1. The second kappa shape index (κ2) is 7.49. The molecule has 1 rings (SSSR count). The van der Waals surface area contributed by atoms with Gasteiger partial charge in [-0.25, -0.2) is 0 Å². The Morgan fingerprint density at radius 2 is 2.25 bits per heavy atom. The minimum atomic E-state index is -0.668. The van der Waals surface area contributed by atoms with Crippen LogP contribution in [0.1, 0.15) is 24.3 Å². The second-order valence-electron chi connectivity index (χ2n) is 4.24. The highest BCUT2D eigenvalue weighted by Gasteiger charge is 2.21. The molecule has 0 spiro atoms. The number of hydrogen-bond acceptors (Lipinski definition) is 5. The van der Waals surface area contributed by atoms with E-state index < -0.39 is 11.9 Å². The van der Waals surface area contributed by atoms with Gasteiger partial charge in [0.05, 0.1) is 18.5 Å². The molecule has 0 aromatic carbocycles. The molecule has 0 saturated heterocycles. The van der Waals surface area contributed by atoms with Crippen molar-refractivity contribution in [3.05, 3.63) is 11.9 Å². The van der Waals surface area contributed by atoms with Crippen LogP contribution in [0.15, 0.2) is 6.20 Å². The Bertz CT molecular complexity index is 472. The van der Waals surface area contributed by atoms with Crippen molar-refractivity contribution < 1.29 is 14.3 Å². The summed E-state index contributed by atoms with van der Waals surface area (Å²) in [5.74, 6) is -0.701. The smallest absolute Gasteiger partial charge is 0.272 e. The van der Waals surface area contributed by atoms with Gasteiger partial charge in [-0.3, -0.25) is 14.3 Å². The first-order chi connectivity index (χ1) is 9.51. The number of amides is 2. The monoisotopic (exact) mass is 283 g/mol. The van der Waals surface area contributed by atoms with Crippen LogP contribution in [-0.2, 0) is 16.1 Å². The maximum absolute atomic E-state index is 12.1. The molecule has 0 aliphatic rings. The zero-order chi connectivity index (χ0) is 15.1. The van der Waals surface area contributed by atoms with Crippen molar-refractivity contribution in [1.29, 1.82) is 0 Å². The zero-order valence-electron chi connectivity index (χ0n) is 12.0. The minimum absolute atomic E-state index is 0.268. The lowest BCUT2D eigenvalue weighted by Crippen LogP contribution is -2.46. The fraction of sp³-hybridized carbons (Fsp3) is 0.583. The molecule has 8 heteroatoms. The highest BCUT2D eigenvalue weighted by Crippen LogP contribution is 2.10. The summed E-state index contributed by atoms with van der Waals surface area (Å²) in [6, 6.07) is -0.668. The first-order valence-electron chi connectivity index (χ1n) is 6.40. The van der Waals surface area contributed by atoms with Crippen LogP contribution in [0.5, 0.6) is 0 Å². The number of methoxy groups -OCH3 is 1. The number of carbonyl (C=O) groups excluding carboxylic acids is 2. The molecular weight excluding hydrogens is 262 g/mol. The van der Waals surface area contributed by atoms with E-state index >= 15 is 0 Å². The minimum Gasteiger partial charge on any atom is -0.396 e. The molecule has 0 bridgehead atoms. The predicted molar refractivity (Wildman–Crippen MR) is 74.1 cm³/mol. The molecule has 0 aliphatic heterocycles. The van der Waals surface area contributed by atoms with Crippen LogP contribution in [-0.4, -0.2) is 47.9 Å². The summed E-state index contributed by atoms with van der Waals surface area (Å²) in [5.41, 5.74) is 6.26. The van der Waals surface area contributed by atoms with Crippen molar-refractivity contribution in [2.45, 2.75) is 26.4 Å². The van der Waals surface area contributed by atoms with Crippen molar-refractivity contribution in [2.24, 2.45) is 0 Å². The highest BCUT2D eigenvalue weighted by molar-refractivity contribution is 5.99. The molecule has 1 atom stereocenters. The number of nitrogens with one attached hydrogen (secondary N) is 2. The lowest BCUT2D eigenvalue weighted by molar-refractivity contribution is -0.122. The standard InChI is InChI=1S/C12H21N5O3/c1-4-17-10(9(13)7-15-17)12(19)16-8(2)11(18)14-5-6-20-3/h7-8H,4-6,13H2,1-3H3,(H,14,18)(H,16,19). The summed E-state index contributed by atoms with van der Waals surface area (Å²) < 4.78 is 6.31. The number of nitrogens with zero attached hydrogens (tertiary/aromatic N) is 2. The summed E-state index contributed by atoms with van der Waals surface area (Å²) in [7, 11) is 1.55. The predicted octanol–water partition coefficient (Wildman–Crippen LogP) is -0.634. The molecule has 0 radical (unpaired) electrons. The van der Waals surface area contributed by atoms with Crippen LogP contribution in [0.4, 0.5) is 5.69 Å². The van der Waals surface area contributed by atoms with E-state index in [2.05, 4.69) is 15.7 Å². The van der Waals surface area contributed by atoms with Gasteiger partial charge in [0.15, 0.2) is 0 Å². The Morgan fingerprint density at radius 1 is 1.55 bits per heavy atom. The average molecular weight is 283 g/mol. The van der Waals surface area contributed by atoms with Gasteiger partial charge < -0.3 is 21.1 Å². The van der Waals surface area contributed by atoms with Gasteiger partial charge in [0.2, 0.25) is 5.91 Å². The number of carbonyl (C=O) groups is 2. The van der Waals surface area contributed by atoms with E-state index in [9.17, 15) is 9.59 Å². The average Bonchev–Trinajstić information content (AvgIpc) is 2.79. The van der Waals surface area contributed by atoms with E-state index in [0.29, 0.717) is 19.7 Å². The van der Waals surface area contributed by atoms with Crippen molar-refractivity contribution >= 4 is 17.5 Å². The number of nitrogen functional groups attached to an aromatic ring is 1. The van der Waals surface area contributed by atoms with Crippen LogP contribution in [0.3, 0.4) is 0 Å². The largest absolute Gasteiger partial charge is 0.396 e. The van der Waals surface area contributed by atoms with E-state index in [1.165, 1.54) is 10.9 Å². The topological polar surface area (TPSA) is 111 Å². The van der Waals surface area contributed by atoms with E-state index in [4.69, 9.17) is 10.5 Å². The number of aromatic nitrogens is 2. The van der Waals surface area contributed by atoms with E-state index in [0.717, 1.165) is 0 Å². The number of aryl methyl sites for hydroxylation is 1. The van der Waals surface area contributed by atoms with E-state index in [-0.39, 0.29) is 17.3 Å². The van der Waals surface area contributed by atoms with Crippen molar-refractivity contribution in [3.63, 3.8) is 0 Å². The lowest BCUT2D eigenvalue weighted by atomic mass is 10.2. The molecule has 1 unspecified atom stereocenters. The first-order valence-corrected chi connectivity index (χ1v) is 6.40. The normalized spacial score (nSPS) is 11.9. The summed E-state index contributed by atoms with van der Waals surface area (Å²) in [4.78, 5) is 23.8. The molecule has 20 heavy (non-hydrogen) atoms. The molecule has 0 saturated carbocycles. The number of ether oxygens (including phenoxy) is 1. The van der Waals surface area contributed by atoms with Crippen LogP contribution >= 0.6 is 0 Å². The number of anilines is 1. The van der Waals surface area contributed by atoms with E-state index in [1.54, 1.807) is 14.0 Å². The summed E-state index contributed by atoms with van der Waals surface area (Å²) in [5, 5.41) is 9.22. The molecule has 0 fully saturated rings. The molecule has 1 heterocycles. The fourth-order valence-electron chi connectivity index (χ4n) is 1.65. The van der Waals surface area contributed by atoms with Crippen LogP contribution < -0.4 is 16.4 Å². The highest BCUT2D eigenvalue weighted by atomic mass is 16.5. The summed E-state index contributed by atoms with van der Waals surface area (Å²) in [6.45, 7) is 4.79. The number of rotatable bonds is 7. The maximum atomic E-state index is 12.1. The number of hydrogen-bond donors (Lipinski definition) is 3. The van der Waals surface area contributed by atoms with Gasteiger partial charge in [-0.2, -0.15) is 5.10 Å². The third kappa shape index (κ3) is 3.95. The Labute approximate surface area is 117 Å². The van der Waals surface area contributed by atoms with Crippen molar-refractivity contribution in [1.82, 2.24) is 20.4 Å². The van der Waals surface area contributed by atoms with Crippen LogP contribution in [0.2, 0.25) is 0 Å². The summed E-state index contributed by atoms with van der Waals surface area (Å²) in [6.07, 6.45) is 1.42. The molecule has 4 N–H and O–H groups in total. The molecular formula is C12H21N5O3. The van der Waals surface area contributed by atoms with E-state index in [1.807, 2.05) is 6.92 Å². The molecule has 1 aromatic heterocycles. The van der Waals surface area contributed by atoms with Gasteiger partial charge in [0.1, 0.15) is 11.7 Å². The quantitative estimate of drug-likeness (QED) is 0.577. The van der Waals surface area contributed by atoms with Crippen LogP contribution in [0, 0.1) is 0 Å². The fourth-order valence-corrected chi connectivity index (χ4v) is 1.65. The van der Waals surface area contributed by atoms with Crippen molar-refractivity contribution in [3.8, 4) is 0 Å². The van der Waals surface area contributed by atoms with Gasteiger partial charge in [0, 0.05) is 20.2 Å². The SMILES string of the molecule is CCn1ncc(N)c1C(=O)NC(C)C(=O)NCCOC. The van der Waals surface area contributed by atoms with Gasteiger partial charge in [-0.05, 0) is 13.8 Å². The Hall–Kier alpha value is -2.09.